The molecular weight excluding hydrogens is 504 g/mol. The minimum absolute atomic E-state index is 0.0467. The van der Waals surface area contributed by atoms with E-state index in [1.54, 1.807) is 50.5 Å². The molecule has 3 atom stereocenters. The van der Waals surface area contributed by atoms with E-state index in [0.29, 0.717) is 28.7 Å². The zero-order valence-electron chi connectivity index (χ0n) is 20.5. The van der Waals surface area contributed by atoms with Gasteiger partial charge >= 0.3 is 12.1 Å². The van der Waals surface area contributed by atoms with Gasteiger partial charge in [0.1, 0.15) is 12.0 Å². The van der Waals surface area contributed by atoms with Gasteiger partial charge in [-0.15, -0.1) is 0 Å². The molecule has 0 aliphatic carbocycles. The molecule has 0 unspecified atom stereocenters. The highest BCUT2D eigenvalue weighted by molar-refractivity contribution is 6.30. The zero-order valence-corrected chi connectivity index (χ0v) is 21.2. The highest BCUT2D eigenvalue weighted by atomic mass is 35.5. The van der Waals surface area contributed by atoms with E-state index in [1.807, 2.05) is 4.90 Å². The minimum Gasteiger partial charge on any atom is -0.351 e. The number of nitrogens with one attached hydrogen (secondary N) is 1. The predicted molar refractivity (Wildman–Crippen MR) is 138 cm³/mol. The Bertz CT molecular complexity index is 1340. The molecule has 196 valence electrons. The lowest BCUT2D eigenvalue weighted by Gasteiger charge is -2.27. The number of urea groups is 1. The van der Waals surface area contributed by atoms with Crippen LogP contribution >= 0.6 is 11.6 Å². The van der Waals surface area contributed by atoms with Crippen LogP contribution in [-0.2, 0) is 4.79 Å². The van der Waals surface area contributed by atoms with Crippen molar-refractivity contribution in [2.45, 2.75) is 31.0 Å². The maximum absolute atomic E-state index is 14.8. The fraction of sp³-hybridized carbons (Fsp3) is 0.346. The summed E-state index contributed by atoms with van der Waals surface area (Å²) in [7, 11) is 3.60. The van der Waals surface area contributed by atoms with Crippen molar-refractivity contribution in [1.82, 2.24) is 14.4 Å². The van der Waals surface area contributed by atoms with Crippen LogP contribution in [0.5, 0.6) is 0 Å². The zero-order chi connectivity index (χ0) is 26.9. The number of nitrogens with zero attached hydrogens (tertiary/aromatic N) is 3. The molecular formula is C26H28ClF2N5O3. The molecule has 1 fully saturated rings. The normalized spacial score (nSPS) is 18.4. The number of nitrogens with two attached hydrogens (primary N) is 1. The molecule has 1 aliphatic rings. The third-order valence-electron chi connectivity index (χ3n) is 6.53. The molecule has 3 amide bonds. The molecule has 1 saturated heterocycles. The van der Waals surface area contributed by atoms with Crippen molar-refractivity contribution in [1.29, 1.82) is 0 Å². The molecule has 0 bridgehead atoms. The quantitative estimate of drug-likeness (QED) is 0.465. The van der Waals surface area contributed by atoms with Gasteiger partial charge in [0, 0.05) is 36.9 Å². The Hall–Kier alpha value is -3.50. The van der Waals surface area contributed by atoms with Gasteiger partial charge in [0.15, 0.2) is 5.78 Å². The Balaban J connectivity index is 1.56. The lowest BCUT2D eigenvalue weighted by molar-refractivity contribution is -0.123. The van der Waals surface area contributed by atoms with Gasteiger partial charge in [-0.05, 0) is 31.8 Å². The molecule has 0 saturated carbocycles. The summed E-state index contributed by atoms with van der Waals surface area (Å²) in [5, 5.41) is 3.21. The fourth-order valence-electron chi connectivity index (χ4n) is 4.89. The molecule has 4 rings (SSSR count). The minimum atomic E-state index is -1.39. The molecule has 1 aliphatic heterocycles. The largest absolute Gasteiger partial charge is 0.351 e. The lowest BCUT2D eigenvalue weighted by atomic mass is 9.90. The van der Waals surface area contributed by atoms with Crippen LogP contribution in [0.2, 0.25) is 5.02 Å². The van der Waals surface area contributed by atoms with E-state index in [9.17, 15) is 23.2 Å². The smallest absolute Gasteiger partial charge is 0.323 e. The number of likely N-dealkylation sites (tertiary alicyclic amines) is 1. The number of primary amides is 1. The van der Waals surface area contributed by atoms with Crippen molar-refractivity contribution in [3.63, 3.8) is 0 Å². The number of aromatic nitrogens is 1. The second-order valence-electron chi connectivity index (χ2n) is 9.47. The first-order valence-electron chi connectivity index (χ1n) is 11.8. The highest BCUT2D eigenvalue weighted by Gasteiger charge is 2.40. The topological polar surface area (TPSA) is 101 Å². The second kappa shape index (κ2) is 10.9. The number of fused-ring (bicyclic) bond motifs is 1. The predicted octanol–water partition coefficient (Wildman–Crippen LogP) is 4.61. The second-order valence-corrected chi connectivity index (χ2v) is 9.88. The van der Waals surface area contributed by atoms with Gasteiger partial charge in [0.05, 0.1) is 28.8 Å². The summed E-state index contributed by atoms with van der Waals surface area (Å²) in [5.74, 6) is -1.52. The standard InChI is InChI=1S/C26H28ClF2N5O3/c1-32(2)12-15(17-7-5-8-19(27)24(17)29)10-23(35)22-11-16(28)13-34(22)26(37)31-20-14-33(25(30)36)21-9-4-3-6-18(20)21/h3-9,14-16,22H,10-13H2,1-2H3,(H2,30,36)(H,31,37)/t15-,16-,22+/m1/s1. The molecule has 37 heavy (non-hydrogen) atoms. The van der Waals surface area contributed by atoms with Crippen LogP contribution in [0.1, 0.15) is 24.3 Å². The Labute approximate surface area is 217 Å². The average molecular weight is 532 g/mol. The molecule has 3 aromatic rings. The molecule has 1 aromatic heterocycles. The van der Waals surface area contributed by atoms with Gasteiger partial charge in [-0.25, -0.2) is 18.4 Å². The summed E-state index contributed by atoms with van der Waals surface area (Å²) in [5.41, 5.74) is 6.54. The molecule has 11 heteroatoms. The number of alkyl halides is 1. The number of para-hydroxylation sites is 1. The first-order valence-corrected chi connectivity index (χ1v) is 12.2. The number of rotatable bonds is 7. The SMILES string of the molecule is CN(C)C[C@@H](CC(=O)[C@@H]1C[C@@H](F)CN1C(=O)Nc1cn(C(N)=O)c2ccccc12)c1cccc(Cl)c1F. The molecule has 8 nitrogen and oxygen atoms in total. The van der Waals surface area contributed by atoms with Gasteiger partial charge in [-0.2, -0.15) is 0 Å². The number of amides is 3. The van der Waals surface area contributed by atoms with Crippen LogP contribution in [0.25, 0.3) is 10.9 Å². The summed E-state index contributed by atoms with van der Waals surface area (Å²) in [6, 6.07) is 9.05. The van der Waals surface area contributed by atoms with Gasteiger partial charge in [0.25, 0.3) is 0 Å². The van der Waals surface area contributed by atoms with Crippen LogP contribution in [0, 0.1) is 5.82 Å². The summed E-state index contributed by atoms with van der Waals surface area (Å²) in [4.78, 5) is 41.4. The number of hydrogen-bond acceptors (Lipinski definition) is 4. The third-order valence-corrected chi connectivity index (χ3v) is 6.82. The molecule has 0 spiro atoms. The van der Waals surface area contributed by atoms with E-state index in [4.69, 9.17) is 17.3 Å². The van der Waals surface area contributed by atoms with E-state index >= 15 is 0 Å². The van der Waals surface area contributed by atoms with Crippen molar-refractivity contribution in [2.75, 3.05) is 32.5 Å². The fourth-order valence-corrected chi connectivity index (χ4v) is 5.07. The summed E-state index contributed by atoms with van der Waals surface area (Å²) < 4.78 is 30.5. The summed E-state index contributed by atoms with van der Waals surface area (Å²) in [6.45, 7) is 0.0914. The average Bonchev–Trinajstić information content (AvgIpc) is 3.41. The van der Waals surface area contributed by atoms with Crippen LogP contribution < -0.4 is 11.1 Å². The first kappa shape index (κ1) is 26.6. The molecule has 3 N–H and O–H groups in total. The number of ketones is 1. The number of hydrogen-bond donors (Lipinski definition) is 2. The molecule has 0 radical (unpaired) electrons. The maximum atomic E-state index is 14.8. The first-order chi connectivity index (χ1) is 17.6. The number of benzene rings is 2. The number of carbonyl (C=O) groups excluding carboxylic acids is 3. The van der Waals surface area contributed by atoms with E-state index in [2.05, 4.69) is 5.32 Å². The van der Waals surface area contributed by atoms with Gasteiger partial charge in [0.2, 0.25) is 0 Å². The van der Waals surface area contributed by atoms with Crippen molar-refractivity contribution in [3.8, 4) is 0 Å². The number of halogens is 3. The maximum Gasteiger partial charge on any atom is 0.323 e. The van der Waals surface area contributed by atoms with E-state index in [1.165, 1.54) is 16.8 Å². The highest BCUT2D eigenvalue weighted by Crippen LogP contribution is 2.32. The van der Waals surface area contributed by atoms with Crippen molar-refractivity contribution >= 4 is 46.0 Å². The van der Waals surface area contributed by atoms with E-state index in [0.717, 1.165) is 4.90 Å². The number of likely N-dealkylation sites (N-methyl/N-ethyl adjacent to an activating group) is 1. The monoisotopic (exact) mass is 531 g/mol. The Kier molecular flexibility index (Phi) is 7.79. The summed E-state index contributed by atoms with van der Waals surface area (Å²) >= 11 is 5.97. The van der Waals surface area contributed by atoms with Crippen LogP contribution in [0.4, 0.5) is 24.1 Å². The van der Waals surface area contributed by atoms with Gasteiger partial charge in [-0.3, -0.25) is 9.36 Å². The van der Waals surface area contributed by atoms with Crippen molar-refractivity contribution in [3.05, 3.63) is 65.1 Å². The van der Waals surface area contributed by atoms with Crippen molar-refractivity contribution < 1.29 is 23.2 Å². The van der Waals surface area contributed by atoms with E-state index in [-0.39, 0.29) is 30.2 Å². The molecule has 2 heterocycles. The van der Waals surface area contributed by atoms with Crippen molar-refractivity contribution in [2.24, 2.45) is 5.73 Å². The number of carbonyl (C=O) groups is 3. The van der Waals surface area contributed by atoms with E-state index < -0.39 is 36.0 Å². The third kappa shape index (κ3) is 5.60. The van der Waals surface area contributed by atoms with Crippen LogP contribution in [0.15, 0.2) is 48.7 Å². The number of anilines is 1. The van der Waals surface area contributed by atoms with Crippen LogP contribution in [0.3, 0.4) is 0 Å². The number of Topliss-reactive ketones (excluding diaryl/α,β-unsaturated/α-hetero) is 1. The Morgan fingerprint density at radius 1 is 1.19 bits per heavy atom. The lowest BCUT2D eigenvalue weighted by Crippen LogP contribution is -2.43. The molecule has 2 aromatic carbocycles. The van der Waals surface area contributed by atoms with Gasteiger partial charge in [-0.1, -0.05) is 41.9 Å². The van der Waals surface area contributed by atoms with Gasteiger partial charge < -0.3 is 20.9 Å². The van der Waals surface area contributed by atoms with Crippen LogP contribution in [-0.4, -0.2) is 71.6 Å². The Morgan fingerprint density at radius 3 is 2.62 bits per heavy atom. The summed E-state index contributed by atoms with van der Waals surface area (Å²) in [6.07, 6.45) is -0.249. The Morgan fingerprint density at radius 2 is 1.92 bits per heavy atom.